The van der Waals surface area contributed by atoms with E-state index in [1.807, 2.05) is 48.1 Å². The third-order valence-corrected chi connectivity index (χ3v) is 7.64. The highest BCUT2D eigenvalue weighted by Gasteiger charge is 2.23. The second-order valence-electron chi connectivity index (χ2n) is 7.88. The van der Waals surface area contributed by atoms with E-state index in [2.05, 4.69) is 33.0 Å². The highest BCUT2D eigenvalue weighted by atomic mass is 79.9. The van der Waals surface area contributed by atoms with Gasteiger partial charge in [-0.1, -0.05) is 48.0 Å². The molecule has 3 heterocycles. The zero-order chi connectivity index (χ0) is 23.0. The number of pyridine rings is 1. The lowest BCUT2D eigenvalue weighted by Gasteiger charge is -2.07. The average Bonchev–Trinajstić information content (AvgIpc) is 3.43. The number of fused-ring (bicyclic) bond motifs is 1. The normalized spacial score (nSPS) is 11.8. The van der Waals surface area contributed by atoms with Crippen LogP contribution in [0.25, 0.3) is 22.3 Å². The number of hydrogen-bond donors (Lipinski definition) is 0. The maximum atomic E-state index is 13.4. The van der Waals surface area contributed by atoms with Gasteiger partial charge in [0.15, 0.2) is 5.65 Å². The summed E-state index contributed by atoms with van der Waals surface area (Å²) in [6.45, 7) is 2.65. The van der Waals surface area contributed by atoms with Gasteiger partial charge in [-0.3, -0.25) is 4.68 Å². The summed E-state index contributed by atoms with van der Waals surface area (Å²) >= 11 is 3.46. The molecule has 0 atom stereocenters. The number of rotatable bonds is 6. The Kier molecular flexibility index (Phi) is 5.64. The molecule has 0 N–H and O–H groups in total. The van der Waals surface area contributed by atoms with E-state index < -0.39 is 10.0 Å². The van der Waals surface area contributed by atoms with E-state index in [4.69, 9.17) is 5.10 Å². The van der Waals surface area contributed by atoms with Crippen LogP contribution in [0, 0.1) is 6.92 Å². The van der Waals surface area contributed by atoms with Crippen molar-refractivity contribution in [1.29, 1.82) is 0 Å². The van der Waals surface area contributed by atoms with Crippen LogP contribution in [0.5, 0.6) is 0 Å². The Bertz CT molecular complexity index is 1540. The van der Waals surface area contributed by atoms with Crippen molar-refractivity contribution >= 4 is 37.0 Å². The summed E-state index contributed by atoms with van der Waals surface area (Å²) in [6, 6.07) is 20.8. The van der Waals surface area contributed by atoms with Gasteiger partial charge in [-0.25, -0.2) is 17.4 Å². The van der Waals surface area contributed by atoms with Crippen LogP contribution in [0.1, 0.15) is 11.1 Å². The van der Waals surface area contributed by atoms with Gasteiger partial charge in [0.2, 0.25) is 0 Å². The third kappa shape index (κ3) is 4.24. The van der Waals surface area contributed by atoms with Crippen molar-refractivity contribution in [3.63, 3.8) is 0 Å². The Hall–Kier alpha value is -3.23. The van der Waals surface area contributed by atoms with Gasteiger partial charge in [-0.2, -0.15) is 5.10 Å². The van der Waals surface area contributed by atoms with Crippen LogP contribution in [0.3, 0.4) is 0 Å². The Morgan fingerprint density at radius 3 is 2.52 bits per heavy atom. The van der Waals surface area contributed by atoms with Crippen LogP contribution < -0.4 is 0 Å². The molecule has 0 fully saturated rings. The minimum absolute atomic E-state index is 0.217. The van der Waals surface area contributed by atoms with Crippen molar-refractivity contribution < 1.29 is 8.42 Å². The van der Waals surface area contributed by atoms with Gasteiger partial charge in [-0.15, -0.1) is 0 Å². The maximum Gasteiger partial charge on any atom is 0.269 e. The lowest BCUT2D eigenvalue weighted by atomic mass is 10.1. The molecule has 0 saturated carbocycles. The summed E-state index contributed by atoms with van der Waals surface area (Å²) in [5.41, 5.74) is 4.02. The minimum Gasteiger partial charge on any atom is -0.272 e. The predicted molar refractivity (Wildman–Crippen MR) is 133 cm³/mol. The number of halogens is 1. The summed E-state index contributed by atoms with van der Waals surface area (Å²) in [5.74, 6) is 0. The van der Waals surface area contributed by atoms with Crippen molar-refractivity contribution in [3.05, 3.63) is 101 Å². The molecule has 5 rings (SSSR count). The Morgan fingerprint density at radius 2 is 1.76 bits per heavy atom. The lowest BCUT2D eigenvalue weighted by molar-refractivity contribution is 0.588. The fourth-order valence-electron chi connectivity index (χ4n) is 3.78. The van der Waals surface area contributed by atoms with Crippen LogP contribution in [0.4, 0.5) is 0 Å². The number of aryl methyl sites for hydroxylation is 3. The number of nitrogens with zero attached hydrogens (tertiary/aromatic N) is 4. The second kappa shape index (κ2) is 8.61. The standard InChI is InChI=1S/C25H21BrN4O2S/c1-18-7-9-21(10-8-18)33(31,32)30-17-23(22-15-20(26)16-27-25(22)30)24-12-14-29(28-24)13-11-19-5-3-2-4-6-19/h2-10,12,14-17H,11,13H2,1H3. The molecule has 0 amide bonds. The molecule has 8 heteroatoms. The van der Waals surface area contributed by atoms with Crippen molar-refractivity contribution in [2.75, 3.05) is 0 Å². The summed E-state index contributed by atoms with van der Waals surface area (Å²) in [4.78, 5) is 4.64. The summed E-state index contributed by atoms with van der Waals surface area (Å²) in [6.07, 6.45) is 5.99. The minimum atomic E-state index is -3.82. The average molecular weight is 521 g/mol. The van der Waals surface area contributed by atoms with Gasteiger partial charge in [0, 0.05) is 40.6 Å². The van der Waals surface area contributed by atoms with Gasteiger partial charge >= 0.3 is 0 Å². The Morgan fingerprint density at radius 1 is 1.00 bits per heavy atom. The fourth-order valence-corrected chi connectivity index (χ4v) is 5.44. The van der Waals surface area contributed by atoms with Crippen LogP contribution in [-0.2, 0) is 23.0 Å². The summed E-state index contributed by atoms with van der Waals surface area (Å²) in [7, 11) is -3.82. The molecule has 166 valence electrons. The largest absolute Gasteiger partial charge is 0.272 e. The topological polar surface area (TPSA) is 69.8 Å². The van der Waals surface area contributed by atoms with Gasteiger partial charge < -0.3 is 0 Å². The van der Waals surface area contributed by atoms with E-state index in [1.165, 1.54) is 9.54 Å². The molecule has 3 aromatic heterocycles. The van der Waals surface area contributed by atoms with E-state index in [-0.39, 0.29) is 4.90 Å². The lowest BCUT2D eigenvalue weighted by Crippen LogP contribution is -2.12. The first-order valence-electron chi connectivity index (χ1n) is 10.5. The Labute approximate surface area is 200 Å². The molecule has 0 radical (unpaired) electrons. The molecule has 0 saturated heterocycles. The van der Waals surface area contributed by atoms with Crippen LogP contribution in [0.2, 0.25) is 0 Å². The molecule has 0 bridgehead atoms. The van der Waals surface area contributed by atoms with Crippen LogP contribution in [-0.4, -0.2) is 27.2 Å². The monoisotopic (exact) mass is 520 g/mol. The molecule has 0 aliphatic rings. The molecule has 5 aromatic rings. The molecular formula is C25H21BrN4O2S. The molecule has 0 spiro atoms. The van der Waals surface area contributed by atoms with Crippen molar-refractivity contribution in [2.45, 2.75) is 24.8 Å². The highest BCUT2D eigenvalue weighted by Crippen LogP contribution is 2.32. The summed E-state index contributed by atoms with van der Waals surface area (Å²) < 4.78 is 30.8. The van der Waals surface area contributed by atoms with Crippen molar-refractivity contribution in [2.24, 2.45) is 0 Å². The zero-order valence-corrected chi connectivity index (χ0v) is 20.3. The molecule has 0 aliphatic carbocycles. The van der Waals surface area contributed by atoms with Crippen LogP contribution >= 0.6 is 15.9 Å². The van der Waals surface area contributed by atoms with Crippen LogP contribution in [0.15, 0.2) is 94.7 Å². The summed E-state index contributed by atoms with van der Waals surface area (Å²) in [5, 5.41) is 5.44. The van der Waals surface area contributed by atoms with E-state index in [0.717, 1.165) is 23.0 Å². The molecule has 2 aromatic carbocycles. The second-order valence-corrected chi connectivity index (χ2v) is 10.6. The van der Waals surface area contributed by atoms with E-state index in [0.29, 0.717) is 22.3 Å². The van der Waals surface area contributed by atoms with Gasteiger partial charge in [0.25, 0.3) is 10.0 Å². The Balaban J connectivity index is 1.55. The highest BCUT2D eigenvalue weighted by molar-refractivity contribution is 9.10. The van der Waals surface area contributed by atoms with Gasteiger partial charge in [0.05, 0.1) is 10.6 Å². The first kappa shape index (κ1) is 21.6. The number of hydrogen-bond acceptors (Lipinski definition) is 4. The molecule has 33 heavy (non-hydrogen) atoms. The van der Waals surface area contributed by atoms with E-state index in [1.54, 1.807) is 36.7 Å². The van der Waals surface area contributed by atoms with Gasteiger partial charge in [-0.05, 0) is 59.1 Å². The molecular weight excluding hydrogens is 500 g/mol. The van der Waals surface area contributed by atoms with E-state index in [9.17, 15) is 8.42 Å². The zero-order valence-electron chi connectivity index (χ0n) is 17.9. The van der Waals surface area contributed by atoms with E-state index >= 15 is 0 Å². The van der Waals surface area contributed by atoms with Crippen molar-refractivity contribution in [3.8, 4) is 11.3 Å². The third-order valence-electron chi connectivity index (χ3n) is 5.55. The molecule has 0 unspecified atom stereocenters. The predicted octanol–water partition coefficient (Wildman–Crippen LogP) is 5.45. The SMILES string of the molecule is Cc1ccc(S(=O)(=O)n2cc(-c3ccn(CCc4ccccc4)n3)c3cc(Br)cnc32)cc1. The van der Waals surface area contributed by atoms with Gasteiger partial charge in [0.1, 0.15) is 0 Å². The fraction of sp³-hybridized carbons (Fsp3) is 0.120. The first-order valence-corrected chi connectivity index (χ1v) is 12.7. The number of benzene rings is 2. The smallest absolute Gasteiger partial charge is 0.269 e. The first-order chi connectivity index (χ1) is 15.9. The quantitative estimate of drug-likeness (QED) is 0.298. The molecule has 0 aliphatic heterocycles. The number of aromatic nitrogens is 4. The maximum absolute atomic E-state index is 13.4. The van der Waals surface area contributed by atoms with Crippen molar-refractivity contribution in [1.82, 2.24) is 18.7 Å². The molecule has 6 nitrogen and oxygen atoms in total.